The van der Waals surface area contributed by atoms with Gasteiger partial charge in [0, 0.05) is 37.9 Å². The van der Waals surface area contributed by atoms with E-state index in [4.69, 9.17) is 8.83 Å². The van der Waals surface area contributed by atoms with Gasteiger partial charge in [0.25, 0.3) is 0 Å². The van der Waals surface area contributed by atoms with E-state index in [9.17, 15) is 5.02 Å². The first-order chi connectivity index (χ1) is 20.3. The van der Waals surface area contributed by atoms with Crippen LogP contribution in [-0.2, 0) is 0 Å². The number of benzene rings is 6. The molecule has 0 bridgehead atoms. The topological polar surface area (TPSA) is 51.4 Å². The molecule has 0 spiro atoms. The molecule has 6 aromatic carbocycles. The Morgan fingerprint density at radius 2 is 1.20 bits per heavy atom. The second kappa shape index (κ2) is 8.37. The van der Waals surface area contributed by atoms with Crippen molar-refractivity contribution >= 4 is 78.6 Å². The molecule has 0 unspecified atom stereocenters. The summed E-state index contributed by atoms with van der Waals surface area (Å²) in [6.45, 7) is 0. The van der Waals surface area contributed by atoms with Crippen LogP contribution in [0, 0.1) is 0 Å². The molecule has 0 fully saturated rings. The standard InChI is InChI=1S/C36H22BNO3/c39-37-29-14-6-12-26-27-13-7-16-32(36(27)41-35(26)29)38-30-15-3-1-8-23(30)28-20-21(18-19-31(28)38)22-10-5-11-25-24-9-2-4-17-33(24)40-34(22)25/h1-20,37,39H. The van der Waals surface area contributed by atoms with Crippen LogP contribution >= 0.6 is 0 Å². The molecular formula is C36H22BNO3. The maximum absolute atomic E-state index is 9.95. The number of fused-ring (bicyclic) bond motifs is 9. The molecule has 0 atom stereocenters. The lowest BCUT2D eigenvalue weighted by Gasteiger charge is -2.09. The average Bonchev–Trinajstić information content (AvgIpc) is 3.70. The van der Waals surface area contributed by atoms with Gasteiger partial charge in [0.05, 0.1) is 16.7 Å². The van der Waals surface area contributed by atoms with Crippen molar-refractivity contribution in [1.82, 2.24) is 4.57 Å². The first-order valence-corrected chi connectivity index (χ1v) is 13.8. The van der Waals surface area contributed by atoms with Crippen LogP contribution in [0.25, 0.3) is 82.5 Å². The average molecular weight is 527 g/mol. The Hall–Kier alpha value is -5.26. The van der Waals surface area contributed by atoms with E-state index >= 15 is 0 Å². The molecule has 192 valence electrons. The van der Waals surface area contributed by atoms with E-state index < -0.39 is 0 Å². The van der Waals surface area contributed by atoms with Gasteiger partial charge in [-0.2, -0.15) is 0 Å². The Morgan fingerprint density at radius 1 is 0.512 bits per heavy atom. The van der Waals surface area contributed by atoms with Gasteiger partial charge in [0.2, 0.25) is 0 Å². The van der Waals surface area contributed by atoms with Crippen LogP contribution in [0.1, 0.15) is 0 Å². The van der Waals surface area contributed by atoms with Crippen molar-refractivity contribution in [3.8, 4) is 16.8 Å². The van der Waals surface area contributed by atoms with Gasteiger partial charge >= 0.3 is 7.48 Å². The summed E-state index contributed by atoms with van der Waals surface area (Å²) < 4.78 is 15.2. The van der Waals surface area contributed by atoms with Gasteiger partial charge in [0.15, 0.2) is 5.58 Å². The largest absolute Gasteiger partial charge is 0.455 e. The molecule has 1 N–H and O–H groups in total. The quantitative estimate of drug-likeness (QED) is 0.236. The summed E-state index contributed by atoms with van der Waals surface area (Å²) in [5.74, 6) is 0. The van der Waals surface area contributed by atoms with Crippen molar-refractivity contribution in [3.63, 3.8) is 0 Å². The number of aromatic nitrogens is 1. The lowest BCUT2D eigenvalue weighted by molar-refractivity contribution is 0.613. The fraction of sp³-hybridized carbons (Fsp3) is 0. The minimum atomic E-state index is -0.0668. The molecule has 3 aromatic heterocycles. The highest BCUT2D eigenvalue weighted by Gasteiger charge is 2.20. The highest BCUT2D eigenvalue weighted by molar-refractivity contribution is 6.50. The van der Waals surface area contributed by atoms with Gasteiger partial charge in [-0.25, -0.2) is 0 Å². The van der Waals surface area contributed by atoms with Crippen molar-refractivity contribution in [2.75, 3.05) is 0 Å². The first-order valence-electron chi connectivity index (χ1n) is 13.8. The zero-order valence-corrected chi connectivity index (χ0v) is 22.0. The predicted molar refractivity (Wildman–Crippen MR) is 170 cm³/mol. The summed E-state index contributed by atoms with van der Waals surface area (Å²) in [4.78, 5) is 0. The number of furan rings is 2. The molecule has 0 aliphatic rings. The molecule has 0 saturated carbocycles. The van der Waals surface area contributed by atoms with Gasteiger partial charge in [-0.1, -0.05) is 91.0 Å². The zero-order valence-electron chi connectivity index (χ0n) is 22.0. The Labute approximate surface area is 234 Å². The first kappa shape index (κ1) is 22.5. The molecule has 4 nitrogen and oxygen atoms in total. The number of nitrogens with zero attached hydrogens (tertiary/aromatic N) is 1. The van der Waals surface area contributed by atoms with Gasteiger partial charge in [-0.05, 0) is 41.4 Å². The Kier molecular flexibility index (Phi) is 4.60. The molecule has 3 heterocycles. The minimum absolute atomic E-state index is 0.0668. The van der Waals surface area contributed by atoms with E-state index in [-0.39, 0.29) is 7.48 Å². The van der Waals surface area contributed by atoms with E-state index in [1.807, 2.05) is 24.3 Å². The van der Waals surface area contributed by atoms with E-state index in [2.05, 4.69) is 102 Å². The molecule has 9 aromatic rings. The molecule has 0 saturated heterocycles. The maximum Gasteiger partial charge on any atom is 0.308 e. The molecule has 0 radical (unpaired) electrons. The van der Waals surface area contributed by atoms with Gasteiger partial charge in [-0.15, -0.1) is 0 Å². The Bertz CT molecular complexity index is 2480. The lowest BCUT2D eigenvalue weighted by Crippen LogP contribution is -2.13. The number of rotatable bonds is 3. The summed E-state index contributed by atoms with van der Waals surface area (Å²) >= 11 is 0. The lowest BCUT2D eigenvalue weighted by atomic mass is 9.87. The third kappa shape index (κ3) is 3.09. The van der Waals surface area contributed by atoms with Gasteiger partial charge in [-0.3, -0.25) is 0 Å². The molecular weight excluding hydrogens is 505 g/mol. The van der Waals surface area contributed by atoms with Crippen molar-refractivity contribution in [2.45, 2.75) is 0 Å². The van der Waals surface area contributed by atoms with Gasteiger partial charge < -0.3 is 18.4 Å². The maximum atomic E-state index is 9.95. The molecule has 5 heteroatoms. The minimum Gasteiger partial charge on any atom is -0.455 e. The number of para-hydroxylation sites is 5. The van der Waals surface area contributed by atoms with Crippen LogP contribution in [0.3, 0.4) is 0 Å². The van der Waals surface area contributed by atoms with Crippen LogP contribution in [0.2, 0.25) is 0 Å². The van der Waals surface area contributed by atoms with E-state index in [0.29, 0.717) is 0 Å². The molecule has 0 aliphatic carbocycles. The SMILES string of the molecule is OBc1cccc2c1oc1c(-n3c4ccccc4c4cc(-c5cccc6c5oc5ccccc56)ccc43)cccc12. The van der Waals surface area contributed by atoms with E-state index in [1.54, 1.807) is 0 Å². The fourth-order valence-corrected chi connectivity index (χ4v) is 6.54. The monoisotopic (exact) mass is 527 g/mol. The smallest absolute Gasteiger partial charge is 0.308 e. The molecule has 0 amide bonds. The third-order valence-electron chi connectivity index (χ3n) is 8.38. The van der Waals surface area contributed by atoms with Gasteiger partial charge in [0.1, 0.15) is 16.7 Å². The molecule has 0 aliphatic heterocycles. The van der Waals surface area contributed by atoms with Crippen LogP contribution in [-0.4, -0.2) is 17.1 Å². The number of hydrogen-bond donors (Lipinski definition) is 1. The predicted octanol–water partition coefficient (Wildman–Crippen LogP) is 8.22. The highest BCUT2D eigenvalue weighted by Crippen LogP contribution is 2.41. The number of hydrogen-bond acceptors (Lipinski definition) is 3. The fourth-order valence-electron chi connectivity index (χ4n) is 6.54. The summed E-state index contributed by atoms with van der Waals surface area (Å²) in [7, 11) is -0.0668. The zero-order chi connectivity index (χ0) is 27.1. The van der Waals surface area contributed by atoms with Crippen LogP contribution in [0.15, 0.2) is 130 Å². The molecule has 41 heavy (non-hydrogen) atoms. The van der Waals surface area contributed by atoms with Crippen molar-refractivity contribution in [3.05, 3.63) is 121 Å². The Balaban J connectivity index is 1.33. The normalized spacial score (nSPS) is 12.0. The molecule has 9 rings (SSSR count). The second-order valence-electron chi connectivity index (χ2n) is 10.6. The van der Waals surface area contributed by atoms with Crippen molar-refractivity contribution in [1.29, 1.82) is 0 Å². The van der Waals surface area contributed by atoms with Crippen molar-refractivity contribution in [2.24, 2.45) is 0 Å². The van der Waals surface area contributed by atoms with E-state index in [0.717, 1.165) is 82.6 Å². The summed E-state index contributed by atoms with van der Waals surface area (Å²) in [6.07, 6.45) is 0. The van der Waals surface area contributed by atoms with Crippen LogP contribution in [0.5, 0.6) is 0 Å². The summed E-state index contributed by atoms with van der Waals surface area (Å²) in [5.41, 5.74) is 9.50. The second-order valence-corrected chi connectivity index (χ2v) is 10.6. The summed E-state index contributed by atoms with van der Waals surface area (Å²) in [5, 5.41) is 16.6. The van der Waals surface area contributed by atoms with E-state index in [1.165, 1.54) is 5.39 Å². The highest BCUT2D eigenvalue weighted by atomic mass is 16.3. The third-order valence-corrected chi connectivity index (χ3v) is 8.38. The summed E-state index contributed by atoms with van der Waals surface area (Å²) in [6, 6.07) is 42.0. The van der Waals surface area contributed by atoms with Crippen LogP contribution in [0.4, 0.5) is 0 Å². The van der Waals surface area contributed by atoms with Crippen LogP contribution < -0.4 is 5.46 Å². The Morgan fingerprint density at radius 3 is 2.07 bits per heavy atom. The van der Waals surface area contributed by atoms with Crippen molar-refractivity contribution < 1.29 is 13.9 Å².